The lowest BCUT2D eigenvalue weighted by molar-refractivity contribution is -0.128. The van der Waals surface area contributed by atoms with Crippen molar-refractivity contribution in [2.24, 2.45) is 0 Å². The van der Waals surface area contributed by atoms with Crippen molar-refractivity contribution in [3.8, 4) is 5.75 Å². The Kier molecular flexibility index (Phi) is 11.1. The number of nitrogens with zero attached hydrogens (tertiary/aromatic N) is 3. The number of likely N-dealkylation sites (N-methyl/N-ethyl adjacent to an activating group) is 1. The first-order valence-corrected chi connectivity index (χ1v) is 12.2. The Labute approximate surface area is 203 Å². The second-order valence-electron chi connectivity index (χ2n) is 8.33. The molecule has 1 amide bonds. The Hall–Kier alpha value is -2.15. The van der Waals surface area contributed by atoms with Crippen LogP contribution in [0.1, 0.15) is 43.7 Å². The van der Waals surface area contributed by atoms with Crippen LogP contribution in [0, 0.1) is 0 Å². The SMILES string of the molecule is C=CC=O.CC.COc1cc(Cl)c(C2CC2)cc1/C=C/C(=O)N1CCN(C2CN(C)C2)CC1. The zero-order valence-corrected chi connectivity index (χ0v) is 21.2. The molecule has 1 saturated carbocycles. The summed E-state index contributed by atoms with van der Waals surface area (Å²) in [6.07, 6.45) is 7.76. The number of halogens is 1. The van der Waals surface area contributed by atoms with Gasteiger partial charge in [-0.05, 0) is 55.7 Å². The number of aldehydes is 1. The average Bonchev–Trinajstić information content (AvgIpc) is 3.67. The molecule has 2 aliphatic heterocycles. The van der Waals surface area contributed by atoms with Crippen molar-refractivity contribution in [1.29, 1.82) is 0 Å². The van der Waals surface area contributed by atoms with Gasteiger partial charge in [-0.25, -0.2) is 0 Å². The van der Waals surface area contributed by atoms with Crippen molar-refractivity contribution >= 4 is 29.9 Å². The minimum absolute atomic E-state index is 0.0744. The highest BCUT2D eigenvalue weighted by molar-refractivity contribution is 6.31. The van der Waals surface area contributed by atoms with Crippen LogP contribution in [-0.4, -0.2) is 86.4 Å². The predicted molar refractivity (Wildman–Crippen MR) is 136 cm³/mol. The van der Waals surface area contributed by atoms with Gasteiger partial charge in [-0.1, -0.05) is 32.0 Å². The third-order valence-electron chi connectivity index (χ3n) is 6.06. The standard InChI is InChI=1S/C21H28ClN3O2.C3H4O.C2H6/c1-23-13-17(14-23)24-7-9-25(10-8-24)21(26)6-5-16-11-18(15-3-4-15)19(22)12-20(16)27-2;1-2-3-4;1-2/h5-6,11-12,15,17H,3-4,7-10,13-14H2,1-2H3;2-3H,1H2;1-2H3/b6-5+;;. The average molecular weight is 476 g/mol. The summed E-state index contributed by atoms with van der Waals surface area (Å²) in [5.41, 5.74) is 2.09. The number of allylic oxidation sites excluding steroid dienone is 1. The Morgan fingerprint density at radius 1 is 1.15 bits per heavy atom. The number of piperazine rings is 1. The molecule has 0 aromatic heterocycles. The van der Waals surface area contributed by atoms with Crippen molar-refractivity contribution in [3.05, 3.63) is 47.0 Å². The third kappa shape index (κ3) is 7.70. The Morgan fingerprint density at radius 3 is 2.24 bits per heavy atom. The van der Waals surface area contributed by atoms with E-state index >= 15 is 0 Å². The van der Waals surface area contributed by atoms with Crippen molar-refractivity contribution in [2.75, 3.05) is 53.4 Å². The molecule has 3 fully saturated rings. The fourth-order valence-electron chi connectivity index (χ4n) is 4.07. The molecule has 2 saturated heterocycles. The number of likely N-dealkylation sites (tertiary alicyclic amines) is 1. The fourth-order valence-corrected chi connectivity index (χ4v) is 4.38. The number of methoxy groups -OCH3 is 1. The second-order valence-corrected chi connectivity index (χ2v) is 8.74. The third-order valence-corrected chi connectivity index (χ3v) is 6.38. The molecule has 2 heterocycles. The molecule has 0 radical (unpaired) electrons. The van der Waals surface area contributed by atoms with E-state index in [1.165, 1.54) is 24.5 Å². The molecule has 0 atom stereocenters. The maximum atomic E-state index is 12.6. The van der Waals surface area contributed by atoms with Gasteiger partial charge in [0.05, 0.1) is 7.11 Å². The lowest BCUT2D eigenvalue weighted by Gasteiger charge is -2.46. The van der Waals surface area contributed by atoms with E-state index in [0.29, 0.717) is 24.0 Å². The minimum atomic E-state index is 0.0744. The number of hydrogen-bond donors (Lipinski definition) is 0. The Morgan fingerprint density at radius 2 is 1.76 bits per heavy atom. The first kappa shape index (κ1) is 27.1. The summed E-state index contributed by atoms with van der Waals surface area (Å²) < 4.78 is 5.46. The quantitative estimate of drug-likeness (QED) is 0.458. The predicted octanol–water partition coefficient (Wildman–Crippen LogP) is 4.09. The van der Waals surface area contributed by atoms with Crippen LogP contribution in [0.15, 0.2) is 30.9 Å². The largest absolute Gasteiger partial charge is 0.496 e. The van der Waals surface area contributed by atoms with Crippen LogP contribution in [0.2, 0.25) is 5.02 Å². The van der Waals surface area contributed by atoms with Gasteiger partial charge in [0, 0.05) is 62.0 Å². The van der Waals surface area contributed by atoms with E-state index in [2.05, 4.69) is 29.5 Å². The van der Waals surface area contributed by atoms with Crippen LogP contribution in [0.4, 0.5) is 0 Å². The number of carbonyl (C=O) groups excluding carboxylic acids is 2. The maximum Gasteiger partial charge on any atom is 0.246 e. The normalized spacial score (nSPS) is 19.0. The molecule has 1 aliphatic carbocycles. The number of rotatable bonds is 6. The van der Waals surface area contributed by atoms with Crippen LogP contribution in [-0.2, 0) is 9.59 Å². The molecular weight excluding hydrogens is 438 g/mol. The highest BCUT2D eigenvalue weighted by Gasteiger charge is 2.32. The van der Waals surface area contributed by atoms with E-state index in [9.17, 15) is 4.79 Å². The molecule has 0 N–H and O–H groups in total. The molecule has 7 heteroatoms. The molecule has 1 aromatic carbocycles. The Bertz CT molecular complexity index is 818. The smallest absolute Gasteiger partial charge is 0.246 e. The van der Waals surface area contributed by atoms with Crippen LogP contribution in [0.3, 0.4) is 0 Å². The van der Waals surface area contributed by atoms with Gasteiger partial charge >= 0.3 is 0 Å². The number of hydrogen-bond acceptors (Lipinski definition) is 5. The van der Waals surface area contributed by atoms with Crippen molar-refractivity contribution in [3.63, 3.8) is 0 Å². The lowest BCUT2D eigenvalue weighted by atomic mass is 10.0. The highest BCUT2D eigenvalue weighted by Crippen LogP contribution is 2.45. The van der Waals surface area contributed by atoms with Crippen LogP contribution < -0.4 is 4.74 Å². The van der Waals surface area contributed by atoms with Gasteiger partial charge in [0.25, 0.3) is 0 Å². The van der Waals surface area contributed by atoms with Crippen LogP contribution >= 0.6 is 11.6 Å². The summed E-state index contributed by atoms with van der Waals surface area (Å²) in [5.74, 6) is 1.35. The van der Waals surface area contributed by atoms with Crippen molar-refractivity contribution in [1.82, 2.24) is 14.7 Å². The molecule has 0 bridgehead atoms. The zero-order chi connectivity index (χ0) is 24.4. The molecule has 4 rings (SSSR count). The van der Waals surface area contributed by atoms with Gasteiger partial charge in [-0.15, -0.1) is 0 Å². The summed E-state index contributed by atoms with van der Waals surface area (Å²) >= 11 is 6.38. The fraction of sp³-hybridized carbons (Fsp3) is 0.538. The molecule has 0 unspecified atom stereocenters. The van der Waals surface area contributed by atoms with E-state index in [4.69, 9.17) is 21.1 Å². The minimum Gasteiger partial charge on any atom is -0.496 e. The second kappa shape index (κ2) is 13.5. The maximum absolute atomic E-state index is 12.6. The molecule has 6 nitrogen and oxygen atoms in total. The molecule has 3 aliphatic rings. The summed E-state index contributed by atoms with van der Waals surface area (Å²) in [4.78, 5) is 28.5. The zero-order valence-electron chi connectivity index (χ0n) is 20.4. The summed E-state index contributed by atoms with van der Waals surface area (Å²) in [7, 11) is 3.79. The molecule has 0 spiro atoms. The van der Waals surface area contributed by atoms with Crippen molar-refractivity contribution < 1.29 is 14.3 Å². The number of ether oxygens (including phenoxy) is 1. The monoisotopic (exact) mass is 475 g/mol. The number of carbonyl (C=O) groups is 2. The molecular formula is C26H38ClN3O3. The first-order valence-electron chi connectivity index (χ1n) is 11.8. The lowest BCUT2D eigenvalue weighted by Crippen LogP contribution is -2.62. The summed E-state index contributed by atoms with van der Waals surface area (Å²) in [6.45, 7) is 12.9. The van der Waals surface area contributed by atoms with E-state index < -0.39 is 0 Å². The van der Waals surface area contributed by atoms with Gasteiger partial charge in [-0.3, -0.25) is 14.5 Å². The van der Waals surface area contributed by atoms with Crippen LogP contribution in [0.5, 0.6) is 5.75 Å². The Balaban J connectivity index is 0.000000582. The molecule has 182 valence electrons. The van der Waals surface area contributed by atoms with E-state index in [1.807, 2.05) is 30.9 Å². The van der Waals surface area contributed by atoms with Gasteiger partial charge in [0.1, 0.15) is 12.0 Å². The van der Waals surface area contributed by atoms with Gasteiger partial charge in [0.2, 0.25) is 5.91 Å². The van der Waals surface area contributed by atoms with Gasteiger partial charge in [0.15, 0.2) is 0 Å². The number of benzene rings is 1. The van der Waals surface area contributed by atoms with Gasteiger partial charge < -0.3 is 14.5 Å². The van der Waals surface area contributed by atoms with E-state index in [1.54, 1.807) is 13.2 Å². The van der Waals surface area contributed by atoms with Gasteiger partial charge in [-0.2, -0.15) is 0 Å². The molecule has 33 heavy (non-hydrogen) atoms. The van der Waals surface area contributed by atoms with Crippen molar-refractivity contribution in [2.45, 2.75) is 38.6 Å². The molecule has 1 aromatic rings. The van der Waals surface area contributed by atoms with Crippen LogP contribution in [0.25, 0.3) is 6.08 Å². The van der Waals surface area contributed by atoms with E-state index in [-0.39, 0.29) is 5.91 Å². The van der Waals surface area contributed by atoms with E-state index in [0.717, 1.165) is 49.9 Å². The topological polar surface area (TPSA) is 53.1 Å². The number of amides is 1. The first-order chi connectivity index (χ1) is 16.0. The highest BCUT2D eigenvalue weighted by atomic mass is 35.5. The summed E-state index contributed by atoms with van der Waals surface area (Å²) in [5, 5.41) is 0.760. The summed E-state index contributed by atoms with van der Waals surface area (Å²) in [6, 6.07) is 4.61.